The highest BCUT2D eigenvalue weighted by Gasteiger charge is 2.09. The van der Waals surface area contributed by atoms with E-state index in [9.17, 15) is 4.79 Å². The van der Waals surface area contributed by atoms with E-state index in [1.807, 2.05) is 18.2 Å². The molecule has 0 spiro atoms. The Hall–Kier alpha value is -2.49. The fourth-order valence-electron chi connectivity index (χ4n) is 2.06. The summed E-state index contributed by atoms with van der Waals surface area (Å²) < 4.78 is 10.9. The minimum atomic E-state index is -0.883. The van der Waals surface area contributed by atoms with Crippen molar-refractivity contribution < 1.29 is 19.4 Å². The molecule has 21 heavy (non-hydrogen) atoms. The van der Waals surface area contributed by atoms with Gasteiger partial charge in [-0.05, 0) is 11.6 Å². The van der Waals surface area contributed by atoms with Crippen LogP contribution >= 0.6 is 0 Å². The normalized spacial score (nSPS) is 10.1. The standard InChI is InChI=1S/C17H18O4/c1-20-16-12-15(8-7-14(16)11-17(18)19)21-10-9-13-5-3-2-4-6-13/h2-8,12H,9-11H2,1H3,(H,18,19). The monoisotopic (exact) mass is 286 g/mol. The highest BCUT2D eigenvalue weighted by atomic mass is 16.5. The largest absolute Gasteiger partial charge is 0.496 e. The summed E-state index contributed by atoms with van der Waals surface area (Å²) in [6, 6.07) is 15.3. The molecule has 0 heterocycles. The fourth-order valence-corrected chi connectivity index (χ4v) is 2.06. The van der Waals surface area contributed by atoms with Gasteiger partial charge < -0.3 is 14.6 Å². The number of hydrogen-bond donors (Lipinski definition) is 1. The predicted octanol–water partition coefficient (Wildman–Crippen LogP) is 2.94. The van der Waals surface area contributed by atoms with E-state index >= 15 is 0 Å². The molecule has 4 heteroatoms. The Morgan fingerprint density at radius 3 is 2.57 bits per heavy atom. The van der Waals surface area contributed by atoms with Gasteiger partial charge in [0.15, 0.2) is 0 Å². The zero-order valence-corrected chi connectivity index (χ0v) is 11.9. The molecule has 0 bridgehead atoms. The lowest BCUT2D eigenvalue weighted by molar-refractivity contribution is -0.136. The van der Waals surface area contributed by atoms with E-state index in [0.717, 1.165) is 6.42 Å². The van der Waals surface area contributed by atoms with Crippen molar-refractivity contribution in [3.63, 3.8) is 0 Å². The van der Waals surface area contributed by atoms with E-state index in [4.69, 9.17) is 14.6 Å². The van der Waals surface area contributed by atoms with Gasteiger partial charge in [0.25, 0.3) is 0 Å². The third-order valence-electron chi connectivity index (χ3n) is 3.10. The molecule has 2 rings (SSSR count). The molecular weight excluding hydrogens is 268 g/mol. The Bertz CT molecular complexity index is 593. The first-order chi connectivity index (χ1) is 10.2. The van der Waals surface area contributed by atoms with Gasteiger partial charge in [0.2, 0.25) is 0 Å². The number of hydrogen-bond acceptors (Lipinski definition) is 3. The van der Waals surface area contributed by atoms with Crippen molar-refractivity contribution in [2.24, 2.45) is 0 Å². The topological polar surface area (TPSA) is 55.8 Å². The number of rotatable bonds is 7. The van der Waals surface area contributed by atoms with Crippen LogP contribution in [0.15, 0.2) is 48.5 Å². The van der Waals surface area contributed by atoms with Crippen LogP contribution in [0.1, 0.15) is 11.1 Å². The van der Waals surface area contributed by atoms with Gasteiger partial charge in [-0.25, -0.2) is 0 Å². The molecule has 0 radical (unpaired) electrons. The lowest BCUT2D eigenvalue weighted by Gasteiger charge is -2.11. The SMILES string of the molecule is COc1cc(OCCc2ccccc2)ccc1CC(=O)O. The van der Waals surface area contributed by atoms with Crippen LogP contribution < -0.4 is 9.47 Å². The lowest BCUT2D eigenvalue weighted by atomic mass is 10.1. The van der Waals surface area contributed by atoms with Crippen LogP contribution in [0.3, 0.4) is 0 Å². The number of ether oxygens (including phenoxy) is 2. The van der Waals surface area contributed by atoms with Gasteiger partial charge in [0.05, 0.1) is 20.1 Å². The van der Waals surface area contributed by atoms with Crippen molar-refractivity contribution in [2.45, 2.75) is 12.8 Å². The maximum Gasteiger partial charge on any atom is 0.307 e. The second kappa shape index (κ2) is 7.33. The Kier molecular flexibility index (Phi) is 5.21. The summed E-state index contributed by atoms with van der Waals surface area (Å²) in [6.07, 6.45) is 0.757. The molecule has 0 unspecified atom stereocenters. The highest BCUT2D eigenvalue weighted by molar-refractivity contribution is 5.71. The maximum absolute atomic E-state index is 10.8. The predicted molar refractivity (Wildman–Crippen MR) is 80.0 cm³/mol. The summed E-state index contributed by atoms with van der Waals surface area (Å²) in [5.74, 6) is 0.331. The van der Waals surface area contributed by atoms with E-state index < -0.39 is 5.97 Å². The number of carboxylic acid groups (broad SMARTS) is 1. The summed E-state index contributed by atoms with van der Waals surface area (Å²) in [4.78, 5) is 10.8. The number of aliphatic carboxylic acids is 1. The van der Waals surface area contributed by atoms with Crippen LogP contribution in [-0.2, 0) is 17.6 Å². The summed E-state index contributed by atoms with van der Waals surface area (Å²) in [7, 11) is 1.52. The van der Waals surface area contributed by atoms with Gasteiger partial charge in [-0.15, -0.1) is 0 Å². The number of carboxylic acids is 1. The van der Waals surface area contributed by atoms with Crippen LogP contribution in [0.5, 0.6) is 11.5 Å². The first-order valence-electron chi connectivity index (χ1n) is 6.74. The molecule has 0 aliphatic carbocycles. The molecule has 1 N–H and O–H groups in total. The molecule has 4 nitrogen and oxygen atoms in total. The van der Waals surface area contributed by atoms with E-state index in [1.54, 1.807) is 18.2 Å². The smallest absolute Gasteiger partial charge is 0.307 e. The molecule has 0 aliphatic heterocycles. The van der Waals surface area contributed by atoms with Gasteiger partial charge in [-0.3, -0.25) is 4.79 Å². The van der Waals surface area contributed by atoms with Crippen LogP contribution in [-0.4, -0.2) is 24.8 Å². The number of carbonyl (C=O) groups is 1. The second-order valence-electron chi connectivity index (χ2n) is 4.63. The molecule has 0 aliphatic rings. The average molecular weight is 286 g/mol. The zero-order valence-electron chi connectivity index (χ0n) is 11.9. The maximum atomic E-state index is 10.8. The third-order valence-corrected chi connectivity index (χ3v) is 3.10. The van der Waals surface area contributed by atoms with Crippen molar-refractivity contribution in [2.75, 3.05) is 13.7 Å². The summed E-state index contributed by atoms with van der Waals surface area (Å²) >= 11 is 0. The number of methoxy groups -OCH3 is 1. The Morgan fingerprint density at radius 2 is 1.90 bits per heavy atom. The Labute approximate surface area is 123 Å². The van der Waals surface area contributed by atoms with E-state index in [-0.39, 0.29) is 6.42 Å². The summed E-state index contributed by atoms with van der Waals surface area (Å²) in [5.41, 5.74) is 1.85. The van der Waals surface area contributed by atoms with Crippen LogP contribution in [0, 0.1) is 0 Å². The van der Waals surface area contributed by atoms with Crippen molar-refractivity contribution in [1.29, 1.82) is 0 Å². The summed E-state index contributed by atoms with van der Waals surface area (Å²) in [6.45, 7) is 0.561. The summed E-state index contributed by atoms with van der Waals surface area (Å²) in [5, 5.41) is 8.84. The molecule has 0 saturated carbocycles. The molecule has 2 aromatic rings. The van der Waals surface area contributed by atoms with Crippen molar-refractivity contribution >= 4 is 5.97 Å². The average Bonchev–Trinajstić information content (AvgIpc) is 2.49. The molecule has 2 aromatic carbocycles. The zero-order chi connectivity index (χ0) is 15.1. The number of benzene rings is 2. The Morgan fingerprint density at radius 1 is 1.14 bits per heavy atom. The first-order valence-corrected chi connectivity index (χ1v) is 6.74. The first kappa shape index (κ1) is 14.9. The minimum Gasteiger partial charge on any atom is -0.496 e. The van der Waals surface area contributed by atoms with Gasteiger partial charge >= 0.3 is 5.97 Å². The molecule has 110 valence electrons. The van der Waals surface area contributed by atoms with Gasteiger partial charge in [0, 0.05) is 18.1 Å². The molecular formula is C17H18O4. The van der Waals surface area contributed by atoms with Crippen molar-refractivity contribution in [1.82, 2.24) is 0 Å². The van der Waals surface area contributed by atoms with E-state index in [0.29, 0.717) is 23.7 Å². The van der Waals surface area contributed by atoms with Crippen LogP contribution in [0.25, 0.3) is 0 Å². The third kappa shape index (κ3) is 4.53. The highest BCUT2D eigenvalue weighted by Crippen LogP contribution is 2.25. The van der Waals surface area contributed by atoms with Crippen molar-refractivity contribution in [3.05, 3.63) is 59.7 Å². The second-order valence-corrected chi connectivity index (χ2v) is 4.63. The molecule has 0 amide bonds. The van der Waals surface area contributed by atoms with Crippen LogP contribution in [0.2, 0.25) is 0 Å². The molecule has 0 saturated heterocycles. The molecule has 0 aromatic heterocycles. The Balaban J connectivity index is 1.96. The van der Waals surface area contributed by atoms with E-state index in [1.165, 1.54) is 12.7 Å². The molecule has 0 fully saturated rings. The van der Waals surface area contributed by atoms with Gasteiger partial charge in [0.1, 0.15) is 11.5 Å². The van der Waals surface area contributed by atoms with Crippen LogP contribution in [0.4, 0.5) is 0 Å². The van der Waals surface area contributed by atoms with Gasteiger partial charge in [-0.2, -0.15) is 0 Å². The van der Waals surface area contributed by atoms with E-state index in [2.05, 4.69) is 12.1 Å². The van der Waals surface area contributed by atoms with Crippen molar-refractivity contribution in [3.8, 4) is 11.5 Å². The quantitative estimate of drug-likeness (QED) is 0.850. The fraction of sp³-hybridized carbons (Fsp3) is 0.235. The lowest BCUT2D eigenvalue weighted by Crippen LogP contribution is -2.04. The molecule has 0 atom stereocenters. The minimum absolute atomic E-state index is 0.0620. The van der Waals surface area contributed by atoms with Gasteiger partial charge in [-0.1, -0.05) is 36.4 Å².